The first kappa shape index (κ1) is 15.2. The van der Waals surface area contributed by atoms with Gasteiger partial charge in [0.25, 0.3) is 11.7 Å². The molecule has 0 saturated carbocycles. The summed E-state index contributed by atoms with van der Waals surface area (Å²) in [5.41, 5.74) is 0.798. The lowest BCUT2D eigenvalue weighted by Gasteiger charge is -2.13. The molecule has 0 aromatic heterocycles. The van der Waals surface area contributed by atoms with Crippen LogP contribution < -0.4 is 5.32 Å². The SMILES string of the molecule is O=C1N[C@@H](c2ccc(F)cc2)/C(=C(\O)c2ccc(Cl)cc2)C1=O. The highest BCUT2D eigenvalue weighted by Gasteiger charge is 2.39. The number of carbonyl (C=O) groups excluding carboxylic acids is 2. The van der Waals surface area contributed by atoms with Gasteiger partial charge in [-0.1, -0.05) is 23.7 Å². The standard InChI is InChI=1S/C17H11ClFNO3/c18-11-5-1-10(2-6-11)15(21)13-14(20-17(23)16(13)22)9-3-7-12(19)8-4-9/h1-8,14,21H,(H,20,23)/b15-13+/t14-/m0/s1. The monoisotopic (exact) mass is 331 g/mol. The lowest BCUT2D eigenvalue weighted by molar-refractivity contribution is -0.133. The number of nitrogens with one attached hydrogen (secondary N) is 1. The Morgan fingerprint density at radius 3 is 2.26 bits per heavy atom. The fraction of sp³-hybridized carbons (Fsp3) is 0.0588. The van der Waals surface area contributed by atoms with E-state index in [2.05, 4.69) is 5.32 Å². The zero-order valence-electron chi connectivity index (χ0n) is 11.7. The molecule has 0 aliphatic carbocycles. The van der Waals surface area contributed by atoms with Crippen molar-refractivity contribution in [3.8, 4) is 0 Å². The second-order valence-electron chi connectivity index (χ2n) is 5.06. The number of halogens is 2. The molecule has 2 N–H and O–H groups in total. The van der Waals surface area contributed by atoms with E-state index in [1.807, 2.05) is 0 Å². The van der Waals surface area contributed by atoms with Gasteiger partial charge in [-0.2, -0.15) is 0 Å². The van der Waals surface area contributed by atoms with Gasteiger partial charge in [-0.15, -0.1) is 0 Å². The van der Waals surface area contributed by atoms with Crippen LogP contribution in [0.15, 0.2) is 54.1 Å². The number of carbonyl (C=O) groups is 2. The molecule has 0 bridgehead atoms. The molecule has 2 aromatic carbocycles. The predicted molar refractivity (Wildman–Crippen MR) is 83.3 cm³/mol. The van der Waals surface area contributed by atoms with Gasteiger partial charge in [0.2, 0.25) is 0 Å². The van der Waals surface area contributed by atoms with E-state index in [9.17, 15) is 19.1 Å². The molecule has 1 heterocycles. The summed E-state index contributed by atoms with van der Waals surface area (Å²) in [6, 6.07) is 10.7. The normalized spacial score (nSPS) is 19.7. The molecule has 1 amide bonds. The van der Waals surface area contributed by atoms with E-state index < -0.39 is 23.5 Å². The largest absolute Gasteiger partial charge is 0.507 e. The maximum Gasteiger partial charge on any atom is 0.293 e. The molecular formula is C17H11ClFNO3. The smallest absolute Gasteiger partial charge is 0.293 e. The first-order chi connectivity index (χ1) is 11.0. The molecule has 1 saturated heterocycles. The fourth-order valence-electron chi connectivity index (χ4n) is 2.43. The van der Waals surface area contributed by atoms with Crippen molar-refractivity contribution in [1.29, 1.82) is 0 Å². The van der Waals surface area contributed by atoms with Crippen molar-refractivity contribution >= 4 is 29.1 Å². The number of amides is 1. The number of hydrogen-bond acceptors (Lipinski definition) is 3. The van der Waals surface area contributed by atoms with Crippen molar-refractivity contribution in [2.75, 3.05) is 0 Å². The molecule has 2 aromatic rings. The molecule has 116 valence electrons. The van der Waals surface area contributed by atoms with Crippen LogP contribution in [0.5, 0.6) is 0 Å². The Balaban J connectivity index is 2.10. The molecule has 0 unspecified atom stereocenters. The summed E-state index contributed by atoms with van der Waals surface area (Å²) >= 11 is 5.80. The number of rotatable bonds is 2. The van der Waals surface area contributed by atoms with E-state index in [1.54, 1.807) is 24.3 Å². The zero-order chi connectivity index (χ0) is 16.6. The molecule has 1 aliphatic rings. The minimum atomic E-state index is -0.828. The van der Waals surface area contributed by atoms with Crippen LogP contribution in [-0.2, 0) is 9.59 Å². The van der Waals surface area contributed by atoms with E-state index in [-0.39, 0.29) is 11.3 Å². The predicted octanol–water partition coefficient (Wildman–Crippen LogP) is 3.19. The third-order valence-corrected chi connectivity index (χ3v) is 3.84. The molecule has 3 rings (SSSR count). The van der Waals surface area contributed by atoms with Gasteiger partial charge in [-0.3, -0.25) is 9.59 Å². The van der Waals surface area contributed by atoms with E-state index in [4.69, 9.17) is 11.6 Å². The lowest BCUT2D eigenvalue weighted by Crippen LogP contribution is -2.21. The van der Waals surface area contributed by atoms with Crippen LogP contribution in [0.1, 0.15) is 17.2 Å². The first-order valence-electron chi connectivity index (χ1n) is 6.77. The molecule has 23 heavy (non-hydrogen) atoms. The molecule has 1 atom stereocenters. The summed E-state index contributed by atoms with van der Waals surface area (Å²) in [7, 11) is 0. The van der Waals surface area contributed by atoms with E-state index in [0.717, 1.165) is 0 Å². The van der Waals surface area contributed by atoms with E-state index >= 15 is 0 Å². The highest BCUT2D eigenvalue weighted by atomic mass is 35.5. The van der Waals surface area contributed by atoms with Crippen molar-refractivity contribution in [1.82, 2.24) is 5.32 Å². The van der Waals surface area contributed by atoms with Crippen molar-refractivity contribution < 1.29 is 19.1 Å². The minimum Gasteiger partial charge on any atom is -0.507 e. The Hall–Kier alpha value is -2.66. The first-order valence-corrected chi connectivity index (χ1v) is 7.15. The van der Waals surface area contributed by atoms with Crippen LogP contribution in [0.4, 0.5) is 4.39 Å². The van der Waals surface area contributed by atoms with Crippen LogP contribution >= 0.6 is 11.6 Å². The van der Waals surface area contributed by atoms with E-state index in [1.165, 1.54) is 24.3 Å². The number of aliphatic hydroxyl groups excluding tert-OH is 1. The molecule has 1 fully saturated rings. The summed E-state index contributed by atoms with van der Waals surface area (Å²) in [5, 5.41) is 13.4. The third-order valence-electron chi connectivity index (χ3n) is 3.59. The van der Waals surface area contributed by atoms with Crippen molar-refractivity contribution in [3.05, 3.63) is 76.1 Å². The van der Waals surface area contributed by atoms with Crippen molar-refractivity contribution in [3.63, 3.8) is 0 Å². The molecule has 0 radical (unpaired) electrons. The maximum atomic E-state index is 13.1. The topological polar surface area (TPSA) is 66.4 Å². The van der Waals surface area contributed by atoms with Gasteiger partial charge in [-0.25, -0.2) is 4.39 Å². The highest BCUT2D eigenvalue weighted by molar-refractivity contribution is 6.46. The van der Waals surface area contributed by atoms with E-state index in [0.29, 0.717) is 16.1 Å². The number of aliphatic hydroxyl groups is 1. The number of hydrogen-bond donors (Lipinski definition) is 2. The van der Waals surface area contributed by atoms with Gasteiger partial charge >= 0.3 is 0 Å². The maximum absolute atomic E-state index is 13.1. The minimum absolute atomic E-state index is 0.0658. The second kappa shape index (κ2) is 5.85. The Labute approximate surface area is 136 Å². The fourth-order valence-corrected chi connectivity index (χ4v) is 2.56. The summed E-state index contributed by atoms with van der Waals surface area (Å²) in [5.74, 6) is -2.36. The second-order valence-corrected chi connectivity index (χ2v) is 5.49. The van der Waals surface area contributed by atoms with Gasteiger partial charge in [0.1, 0.15) is 11.6 Å². The van der Waals surface area contributed by atoms with Crippen molar-refractivity contribution in [2.45, 2.75) is 6.04 Å². The lowest BCUT2D eigenvalue weighted by atomic mass is 9.96. The van der Waals surface area contributed by atoms with Crippen molar-refractivity contribution in [2.24, 2.45) is 0 Å². The summed E-state index contributed by atoms with van der Waals surface area (Å²) in [6.45, 7) is 0. The van der Waals surface area contributed by atoms with Crippen LogP contribution in [0, 0.1) is 5.82 Å². The summed E-state index contributed by atoms with van der Waals surface area (Å²) in [6.07, 6.45) is 0. The average Bonchev–Trinajstić information content (AvgIpc) is 2.84. The molecule has 4 nitrogen and oxygen atoms in total. The third kappa shape index (κ3) is 2.83. The summed E-state index contributed by atoms with van der Waals surface area (Å²) in [4.78, 5) is 23.8. The quantitative estimate of drug-likeness (QED) is 0.504. The Kier molecular flexibility index (Phi) is 3.88. The molecule has 0 spiro atoms. The van der Waals surface area contributed by atoms with Gasteiger partial charge in [0.15, 0.2) is 0 Å². The Morgan fingerprint density at radius 1 is 1.04 bits per heavy atom. The highest BCUT2D eigenvalue weighted by Crippen LogP contribution is 2.33. The molecule has 6 heteroatoms. The van der Waals surface area contributed by atoms with Gasteiger partial charge in [0.05, 0.1) is 11.6 Å². The van der Waals surface area contributed by atoms with Crippen LogP contribution in [-0.4, -0.2) is 16.8 Å². The number of Topliss-reactive ketones (excluding diaryl/α,β-unsaturated/α-hetero) is 1. The number of benzene rings is 2. The summed E-state index contributed by atoms with van der Waals surface area (Å²) < 4.78 is 13.1. The van der Waals surface area contributed by atoms with Gasteiger partial charge in [0, 0.05) is 10.6 Å². The Morgan fingerprint density at radius 2 is 1.65 bits per heavy atom. The molecular weight excluding hydrogens is 321 g/mol. The Bertz CT molecular complexity index is 813. The number of ketones is 1. The van der Waals surface area contributed by atoms with Gasteiger partial charge < -0.3 is 10.4 Å². The average molecular weight is 332 g/mol. The van der Waals surface area contributed by atoms with Gasteiger partial charge in [-0.05, 0) is 42.0 Å². The van der Waals surface area contributed by atoms with Crippen LogP contribution in [0.2, 0.25) is 5.02 Å². The zero-order valence-corrected chi connectivity index (χ0v) is 12.5. The van der Waals surface area contributed by atoms with Crippen LogP contribution in [0.3, 0.4) is 0 Å². The van der Waals surface area contributed by atoms with Crippen LogP contribution in [0.25, 0.3) is 5.76 Å². The molecule has 1 aliphatic heterocycles.